The zero-order chi connectivity index (χ0) is 22.7. The van der Waals surface area contributed by atoms with Crippen molar-refractivity contribution in [2.45, 2.75) is 39.2 Å². The number of carbonyl (C=O) groups excluding carboxylic acids is 1. The number of benzene rings is 1. The Kier molecular flexibility index (Phi) is 7.01. The van der Waals surface area contributed by atoms with Gasteiger partial charge in [-0.25, -0.2) is 4.98 Å². The van der Waals surface area contributed by atoms with Gasteiger partial charge in [-0.1, -0.05) is 13.8 Å². The fourth-order valence-electron chi connectivity index (χ4n) is 4.09. The lowest BCUT2D eigenvalue weighted by Gasteiger charge is -2.27. The van der Waals surface area contributed by atoms with Crippen LogP contribution in [0.15, 0.2) is 29.8 Å². The molecular weight excluding hydrogens is 426 g/mol. The van der Waals surface area contributed by atoms with Crippen molar-refractivity contribution in [1.29, 1.82) is 0 Å². The van der Waals surface area contributed by atoms with Gasteiger partial charge in [0.05, 0.1) is 26.0 Å². The lowest BCUT2D eigenvalue weighted by atomic mass is 10.1. The molecule has 1 aliphatic heterocycles. The van der Waals surface area contributed by atoms with Gasteiger partial charge in [0, 0.05) is 54.9 Å². The monoisotopic (exact) mass is 457 g/mol. The zero-order valence-corrected chi connectivity index (χ0v) is 20.0. The first-order valence-corrected chi connectivity index (χ1v) is 12.0. The van der Waals surface area contributed by atoms with Gasteiger partial charge < -0.3 is 19.1 Å². The van der Waals surface area contributed by atoms with Crippen LogP contribution in [0.25, 0.3) is 16.2 Å². The van der Waals surface area contributed by atoms with Crippen LogP contribution in [0.3, 0.4) is 0 Å². The Morgan fingerprint density at radius 2 is 2.19 bits per heavy atom. The molecule has 3 aromatic rings. The van der Waals surface area contributed by atoms with Crippen LogP contribution in [-0.4, -0.2) is 60.2 Å². The third-order valence-electron chi connectivity index (χ3n) is 5.86. The smallest absolute Gasteiger partial charge is 0.225 e. The van der Waals surface area contributed by atoms with Gasteiger partial charge in [0.15, 0.2) is 4.96 Å². The highest BCUT2D eigenvalue weighted by Gasteiger charge is 2.24. The van der Waals surface area contributed by atoms with Crippen LogP contribution in [0.4, 0.5) is 0 Å². The van der Waals surface area contributed by atoms with E-state index in [1.54, 1.807) is 25.6 Å². The van der Waals surface area contributed by atoms with E-state index < -0.39 is 0 Å². The summed E-state index contributed by atoms with van der Waals surface area (Å²) in [6, 6.07) is 5.71. The molecule has 4 rings (SSSR count). The number of carbonyl (C=O) groups is 1. The van der Waals surface area contributed by atoms with E-state index in [1.165, 1.54) is 0 Å². The van der Waals surface area contributed by atoms with Crippen LogP contribution in [0.2, 0.25) is 0 Å². The molecule has 1 saturated heterocycles. The normalized spacial score (nSPS) is 16.1. The van der Waals surface area contributed by atoms with Crippen molar-refractivity contribution < 1.29 is 19.0 Å². The summed E-state index contributed by atoms with van der Waals surface area (Å²) < 4.78 is 18.8. The van der Waals surface area contributed by atoms with Crippen molar-refractivity contribution in [1.82, 2.24) is 14.3 Å². The number of hydrogen-bond donors (Lipinski definition) is 0. The summed E-state index contributed by atoms with van der Waals surface area (Å²) in [5, 5.41) is 2.12. The fourth-order valence-corrected chi connectivity index (χ4v) is 5.00. The van der Waals surface area contributed by atoms with Gasteiger partial charge >= 0.3 is 0 Å². The summed E-state index contributed by atoms with van der Waals surface area (Å²) in [4.78, 5) is 20.5. The number of ether oxygens (including phenoxy) is 3. The van der Waals surface area contributed by atoms with Gasteiger partial charge in [-0.3, -0.25) is 9.20 Å². The number of thiazole rings is 1. The summed E-state index contributed by atoms with van der Waals surface area (Å²) in [7, 11) is 3.31. The second-order valence-electron chi connectivity index (χ2n) is 8.40. The van der Waals surface area contributed by atoms with Gasteiger partial charge in [0.25, 0.3) is 0 Å². The highest BCUT2D eigenvalue weighted by molar-refractivity contribution is 7.15. The third-order valence-corrected chi connectivity index (χ3v) is 6.75. The molecule has 0 saturated carbocycles. The quantitative estimate of drug-likeness (QED) is 0.480. The van der Waals surface area contributed by atoms with Crippen LogP contribution in [0.1, 0.15) is 32.4 Å². The van der Waals surface area contributed by atoms with Crippen LogP contribution in [0.5, 0.6) is 11.5 Å². The molecule has 0 N–H and O–H groups in total. The molecule has 3 heterocycles. The summed E-state index contributed by atoms with van der Waals surface area (Å²) >= 11 is 1.60. The van der Waals surface area contributed by atoms with E-state index >= 15 is 0 Å². The summed E-state index contributed by atoms with van der Waals surface area (Å²) in [6.07, 6.45) is 5.05. The van der Waals surface area contributed by atoms with Crippen molar-refractivity contribution in [2.75, 3.05) is 33.9 Å². The molecule has 0 spiro atoms. The average Bonchev–Trinajstić information content (AvgIpc) is 3.53. The molecule has 1 amide bonds. The van der Waals surface area contributed by atoms with Crippen molar-refractivity contribution in [3.05, 3.63) is 35.5 Å². The number of methoxy groups -OCH3 is 2. The molecule has 1 fully saturated rings. The van der Waals surface area contributed by atoms with Crippen LogP contribution < -0.4 is 9.47 Å². The second-order valence-corrected chi connectivity index (χ2v) is 9.23. The van der Waals surface area contributed by atoms with Gasteiger partial charge in [0.2, 0.25) is 5.91 Å². The maximum atomic E-state index is 12.8. The van der Waals surface area contributed by atoms with E-state index in [-0.39, 0.29) is 17.9 Å². The second kappa shape index (κ2) is 9.92. The molecule has 32 heavy (non-hydrogen) atoms. The number of nitrogens with zero attached hydrogens (tertiary/aromatic N) is 3. The molecule has 1 atom stereocenters. The number of fused-ring (bicyclic) bond motifs is 1. The Labute approximate surface area is 192 Å². The maximum absolute atomic E-state index is 12.8. The molecule has 8 heteroatoms. The standard InChI is InChI=1S/C24H31N3O4S/c1-16(2)23(28)26(13-19-6-5-11-31-19)10-9-17-15-32-24-25-21(14-27(17)24)20-12-18(29-3)7-8-22(20)30-4/h7-8,12,14-16,19H,5-6,9-11,13H2,1-4H3. The summed E-state index contributed by atoms with van der Waals surface area (Å²) in [5.41, 5.74) is 2.87. The molecule has 172 valence electrons. The minimum absolute atomic E-state index is 0.0285. The minimum atomic E-state index is -0.0285. The summed E-state index contributed by atoms with van der Waals surface area (Å²) in [6.45, 7) is 6.04. The molecule has 7 nitrogen and oxygen atoms in total. The molecule has 0 radical (unpaired) electrons. The molecule has 2 aromatic heterocycles. The van der Waals surface area contributed by atoms with E-state index in [1.807, 2.05) is 43.1 Å². The molecule has 0 aliphatic carbocycles. The van der Waals surface area contributed by atoms with Crippen molar-refractivity contribution in [3.63, 3.8) is 0 Å². The number of rotatable bonds is 9. The van der Waals surface area contributed by atoms with Gasteiger partial charge in [0.1, 0.15) is 11.5 Å². The van der Waals surface area contributed by atoms with E-state index in [0.717, 1.165) is 59.3 Å². The number of imidazole rings is 1. The highest BCUT2D eigenvalue weighted by Crippen LogP contribution is 2.34. The van der Waals surface area contributed by atoms with E-state index in [9.17, 15) is 4.79 Å². The Balaban J connectivity index is 1.55. The lowest BCUT2D eigenvalue weighted by Crippen LogP contribution is -2.41. The Morgan fingerprint density at radius 3 is 2.88 bits per heavy atom. The molecular formula is C24H31N3O4S. The molecule has 1 aliphatic rings. The first-order valence-electron chi connectivity index (χ1n) is 11.1. The van der Waals surface area contributed by atoms with Gasteiger partial charge in [-0.15, -0.1) is 11.3 Å². The average molecular weight is 458 g/mol. The predicted octanol–water partition coefficient (Wildman–Crippen LogP) is 4.29. The molecule has 1 aromatic carbocycles. The fraction of sp³-hybridized carbons (Fsp3) is 0.500. The van der Waals surface area contributed by atoms with Crippen molar-refractivity contribution in [2.24, 2.45) is 5.92 Å². The Bertz CT molecular complexity index is 1070. The molecule has 1 unspecified atom stereocenters. The van der Waals surface area contributed by atoms with Crippen LogP contribution in [-0.2, 0) is 16.0 Å². The Morgan fingerprint density at radius 1 is 1.34 bits per heavy atom. The lowest BCUT2D eigenvalue weighted by molar-refractivity contribution is -0.136. The SMILES string of the molecule is COc1ccc(OC)c(-c2cn3c(CCN(CC4CCCO4)C(=O)C(C)C)csc3n2)c1. The van der Waals surface area contributed by atoms with Crippen molar-refractivity contribution >= 4 is 22.2 Å². The largest absolute Gasteiger partial charge is 0.497 e. The van der Waals surface area contributed by atoms with Gasteiger partial charge in [-0.05, 0) is 31.0 Å². The number of aromatic nitrogens is 2. The predicted molar refractivity (Wildman–Crippen MR) is 126 cm³/mol. The maximum Gasteiger partial charge on any atom is 0.225 e. The topological polar surface area (TPSA) is 65.3 Å². The first-order chi connectivity index (χ1) is 15.5. The summed E-state index contributed by atoms with van der Waals surface area (Å²) in [5.74, 6) is 1.66. The van der Waals surface area contributed by atoms with Gasteiger partial charge in [-0.2, -0.15) is 0 Å². The van der Waals surface area contributed by atoms with Crippen molar-refractivity contribution in [3.8, 4) is 22.8 Å². The van der Waals surface area contributed by atoms with Crippen LogP contribution >= 0.6 is 11.3 Å². The highest BCUT2D eigenvalue weighted by atomic mass is 32.1. The molecule has 0 bridgehead atoms. The van der Waals surface area contributed by atoms with Crippen LogP contribution in [0, 0.1) is 5.92 Å². The minimum Gasteiger partial charge on any atom is -0.497 e. The zero-order valence-electron chi connectivity index (χ0n) is 19.2. The first kappa shape index (κ1) is 22.6. The van der Waals surface area contributed by atoms with E-state index in [4.69, 9.17) is 19.2 Å². The van der Waals surface area contributed by atoms with E-state index in [0.29, 0.717) is 13.1 Å². The number of hydrogen-bond acceptors (Lipinski definition) is 6. The number of amides is 1. The van der Waals surface area contributed by atoms with E-state index in [2.05, 4.69) is 9.78 Å². The third kappa shape index (κ3) is 4.76. The Hall–Kier alpha value is -2.58.